The van der Waals surface area contributed by atoms with Crippen LogP contribution in [0, 0.1) is 5.82 Å². The maximum absolute atomic E-state index is 12.7. The summed E-state index contributed by atoms with van der Waals surface area (Å²) >= 11 is 0. The lowest BCUT2D eigenvalue weighted by Gasteiger charge is -2.11. The Morgan fingerprint density at radius 1 is 1.37 bits per heavy atom. The van der Waals surface area contributed by atoms with E-state index >= 15 is 0 Å². The Bertz CT molecular complexity index is 459. The average Bonchev–Trinajstić information content (AvgIpc) is 2.81. The van der Waals surface area contributed by atoms with E-state index in [1.54, 1.807) is 12.1 Å². The SMILES string of the molecule is O=C(CCc1ccc(F)cc1)NCC1CCC(=O)N1. The van der Waals surface area contributed by atoms with Crippen LogP contribution in [0.3, 0.4) is 0 Å². The highest BCUT2D eigenvalue weighted by atomic mass is 19.1. The fraction of sp³-hybridized carbons (Fsp3) is 0.429. The number of hydrogen-bond acceptors (Lipinski definition) is 2. The Balaban J connectivity index is 1.67. The molecule has 4 nitrogen and oxygen atoms in total. The van der Waals surface area contributed by atoms with Crippen LogP contribution < -0.4 is 10.6 Å². The standard InChI is InChI=1S/C14H17FN2O2/c15-11-4-1-10(2-5-11)3-7-13(18)16-9-12-6-8-14(19)17-12/h1-2,4-5,12H,3,6-9H2,(H,16,18)(H,17,19). The van der Waals surface area contributed by atoms with Gasteiger partial charge in [0.2, 0.25) is 11.8 Å². The summed E-state index contributed by atoms with van der Waals surface area (Å²) in [5, 5.41) is 5.59. The molecule has 1 aliphatic heterocycles. The molecule has 5 heteroatoms. The summed E-state index contributed by atoms with van der Waals surface area (Å²) in [6.07, 6.45) is 2.27. The van der Waals surface area contributed by atoms with Gasteiger partial charge in [-0.15, -0.1) is 0 Å². The smallest absolute Gasteiger partial charge is 0.220 e. The molecule has 1 atom stereocenters. The Morgan fingerprint density at radius 2 is 2.11 bits per heavy atom. The maximum Gasteiger partial charge on any atom is 0.220 e. The number of amides is 2. The minimum absolute atomic E-state index is 0.0468. The van der Waals surface area contributed by atoms with Gasteiger partial charge in [-0.25, -0.2) is 4.39 Å². The van der Waals surface area contributed by atoms with Crippen LogP contribution in [-0.4, -0.2) is 24.4 Å². The van der Waals surface area contributed by atoms with Crippen molar-refractivity contribution < 1.29 is 14.0 Å². The molecular formula is C14H17FN2O2. The predicted molar refractivity (Wildman–Crippen MR) is 68.9 cm³/mol. The van der Waals surface area contributed by atoms with Crippen molar-refractivity contribution in [1.29, 1.82) is 0 Å². The van der Waals surface area contributed by atoms with Gasteiger partial charge in [0.05, 0.1) is 0 Å². The predicted octanol–water partition coefficient (Wildman–Crippen LogP) is 1.15. The molecule has 1 fully saturated rings. The molecule has 0 bridgehead atoms. The van der Waals surface area contributed by atoms with Crippen molar-refractivity contribution in [3.63, 3.8) is 0 Å². The Labute approximate surface area is 111 Å². The summed E-state index contributed by atoms with van der Waals surface area (Å²) in [5.41, 5.74) is 0.936. The highest BCUT2D eigenvalue weighted by molar-refractivity contribution is 5.79. The van der Waals surface area contributed by atoms with Crippen LogP contribution in [0.15, 0.2) is 24.3 Å². The molecule has 0 radical (unpaired) electrons. The Morgan fingerprint density at radius 3 is 2.74 bits per heavy atom. The minimum Gasteiger partial charge on any atom is -0.354 e. The zero-order chi connectivity index (χ0) is 13.7. The summed E-state index contributed by atoms with van der Waals surface area (Å²) in [6.45, 7) is 0.480. The van der Waals surface area contributed by atoms with Crippen molar-refractivity contribution in [1.82, 2.24) is 10.6 Å². The molecule has 1 aromatic carbocycles. The molecule has 19 heavy (non-hydrogen) atoms. The first-order chi connectivity index (χ1) is 9.13. The molecule has 2 amide bonds. The normalized spacial score (nSPS) is 18.2. The van der Waals surface area contributed by atoms with E-state index in [4.69, 9.17) is 0 Å². The van der Waals surface area contributed by atoms with Crippen molar-refractivity contribution in [2.75, 3.05) is 6.54 Å². The van der Waals surface area contributed by atoms with E-state index < -0.39 is 0 Å². The van der Waals surface area contributed by atoms with Crippen molar-refractivity contribution in [3.05, 3.63) is 35.6 Å². The summed E-state index contributed by atoms with van der Waals surface area (Å²) in [4.78, 5) is 22.6. The lowest BCUT2D eigenvalue weighted by molar-refractivity contribution is -0.122. The fourth-order valence-corrected chi connectivity index (χ4v) is 2.06. The first-order valence-electron chi connectivity index (χ1n) is 6.44. The number of benzene rings is 1. The number of carbonyl (C=O) groups is 2. The summed E-state index contributed by atoms with van der Waals surface area (Å²) in [6, 6.07) is 6.20. The van der Waals surface area contributed by atoms with Gasteiger partial charge >= 0.3 is 0 Å². The quantitative estimate of drug-likeness (QED) is 0.838. The molecule has 1 unspecified atom stereocenters. The third-order valence-corrected chi connectivity index (χ3v) is 3.18. The van der Waals surface area contributed by atoms with Crippen molar-refractivity contribution in [3.8, 4) is 0 Å². The largest absolute Gasteiger partial charge is 0.354 e. The molecule has 102 valence electrons. The summed E-state index contributed by atoms with van der Waals surface area (Å²) in [5.74, 6) is -0.277. The highest BCUT2D eigenvalue weighted by Gasteiger charge is 2.20. The second-order valence-electron chi connectivity index (χ2n) is 4.73. The summed E-state index contributed by atoms with van der Waals surface area (Å²) < 4.78 is 12.7. The lowest BCUT2D eigenvalue weighted by Crippen LogP contribution is -2.38. The number of nitrogens with one attached hydrogen (secondary N) is 2. The molecule has 0 spiro atoms. The molecule has 1 aliphatic rings. The van der Waals surface area contributed by atoms with Gasteiger partial charge in [0.15, 0.2) is 0 Å². The second-order valence-corrected chi connectivity index (χ2v) is 4.73. The summed E-state index contributed by atoms with van der Waals surface area (Å²) in [7, 11) is 0. The van der Waals surface area contributed by atoms with E-state index in [1.807, 2.05) is 0 Å². The van der Waals surface area contributed by atoms with Gasteiger partial charge in [0.1, 0.15) is 5.82 Å². The third-order valence-electron chi connectivity index (χ3n) is 3.18. The molecule has 1 saturated heterocycles. The van der Waals surface area contributed by atoms with Gasteiger partial charge in [0, 0.05) is 25.4 Å². The number of halogens is 1. The van der Waals surface area contributed by atoms with Crippen molar-refractivity contribution in [2.24, 2.45) is 0 Å². The number of hydrogen-bond donors (Lipinski definition) is 2. The number of carbonyl (C=O) groups excluding carboxylic acids is 2. The third kappa shape index (κ3) is 4.35. The number of aryl methyl sites for hydroxylation is 1. The zero-order valence-electron chi connectivity index (χ0n) is 10.6. The van der Waals surface area contributed by atoms with Crippen LogP contribution in [0.25, 0.3) is 0 Å². The molecule has 1 heterocycles. The van der Waals surface area contributed by atoms with E-state index in [0.29, 0.717) is 25.8 Å². The van der Waals surface area contributed by atoms with Crippen LogP contribution >= 0.6 is 0 Å². The zero-order valence-corrected chi connectivity index (χ0v) is 10.6. The van der Waals surface area contributed by atoms with Crippen LogP contribution in [-0.2, 0) is 16.0 Å². The van der Waals surface area contributed by atoms with Crippen LogP contribution in [0.1, 0.15) is 24.8 Å². The molecule has 0 aromatic heterocycles. The Kier molecular flexibility index (Phi) is 4.49. The molecule has 0 aliphatic carbocycles. The lowest BCUT2D eigenvalue weighted by atomic mass is 10.1. The average molecular weight is 264 g/mol. The molecule has 0 saturated carbocycles. The van der Waals surface area contributed by atoms with Crippen LogP contribution in [0.4, 0.5) is 4.39 Å². The molecule has 2 N–H and O–H groups in total. The van der Waals surface area contributed by atoms with Gasteiger partial charge in [-0.2, -0.15) is 0 Å². The van der Waals surface area contributed by atoms with Crippen LogP contribution in [0.2, 0.25) is 0 Å². The van der Waals surface area contributed by atoms with E-state index in [9.17, 15) is 14.0 Å². The minimum atomic E-state index is -0.273. The van der Waals surface area contributed by atoms with Gasteiger partial charge < -0.3 is 10.6 Å². The molecule has 1 aromatic rings. The molecular weight excluding hydrogens is 247 g/mol. The van der Waals surface area contributed by atoms with Crippen molar-refractivity contribution >= 4 is 11.8 Å². The highest BCUT2D eigenvalue weighted by Crippen LogP contribution is 2.07. The van der Waals surface area contributed by atoms with E-state index in [1.165, 1.54) is 12.1 Å². The van der Waals surface area contributed by atoms with E-state index in [-0.39, 0.29) is 23.7 Å². The number of rotatable bonds is 5. The molecule has 2 rings (SSSR count). The monoisotopic (exact) mass is 264 g/mol. The maximum atomic E-state index is 12.7. The van der Waals surface area contributed by atoms with E-state index in [0.717, 1.165) is 12.0 Å². The van der Waals surface area contributed by atoms with Gasteiger partial charge in [-0.05, 0) is 30.5 Å². The van der Waals surface area contributed by atoms with E-state index in [2.05, 4.69) is 10.6 Å². The first-order valence-corrected chi connectivity index (χ1v) is 6.44. The van der Waals surface area contributed by atoms with Gasteiger partial charge in [0.25, 0.3) is 0 Å². The topological polar surface area (TPSA) is 58.2 Å². The van der Waals surface area contributed by atoms with Gasteiger partial charge in [-0.3, -0.25) is 9.59 Å². The van der Waals surface area contributed by atoms with Gasteiger partial charge in [-0.1, -0.05) is 12.1 Å². The van der Waals surface area contributed by atoms with Crippen molar-refractivity contribution in [2.45, 2.75) is 31.7 Å². The first kappa shape index (κ1) is 13.5. The second kappa shape index (κ2) is 6.31. The fourth-order valence-electron chi connectivity index (χ4n) is 2.06. The Hall–Kier alpha value is -1.91. The van der Waals surface area contributed by atoms with Crippen LogP contribution in [0.5, 0.6) is 0 Å².